The molecule has 0 N–H and O–H groups in total. The van der Waals surface area contributed by atoms with Gasteiger partial charge in [0, 0.05) is 18.3 Å². The fourth-order valence-corrected chi connectivity index (χ4v) is 1.26. The van der Waals surface area contributed by atoms with Gasteiger partial charge in [0.25, 0.3) is 5.56 Å². The van der Waals surface area contributed by atoms with Gasteiger partial charge in [-0.1, -0.05) is 11.6 Å². The predicted molar refractivity (Wildman–Crippen MR) is 46.1 cm³/mol. The molecule has 3 heteroatoms. The van der Waals surface area contributed by atoms with Gasteiger partial charge in [0.2, 0.25) is 0 Å². The highest BCUT2D eigenvalue weighted by molar-refractivity contribution is 6.30. The summed E-state index contributed by atoms with van der Waals surface area (Å²) < 4.78 is 1.59. The first-order chi connectivity index (χ1) is 5.15. The van der Waals surface area contributed by atoms with E-state index in [1.807, 2.05) is 6.92 Å². The van der Waals surface area contributed by atoms with Gasteiger partial charge in [-0.15, -0.1) is 0 Å². The third-order valence-corrected chi connectivity index (χ3v) is 1.78. The largest absolute Gasteiger partial charge is 0.314 e. The van der Waals surface area contributed by atoms with Crippen LogP contribution >= 0.6 is 11.6 Å². The Bertz CT molecular complexity index is 316. The topological polar surface area (TPSA) is 22.0 Å². The molecule has 1 aromatic rings. The average molecular weight is 172 g/mol. The number of rotatable bonds is 1. The zero-order valence-corrected chi connectivity index (χ0v) is 7.35. The smallest absolute Gasteiger partial charge is 0.253 e. The molecule has 60 valence electrons. The minimum absolute atomic E-state index is 0.0388. The molecule has 0 aliphatic carbocycles. The molecule has 1 heterocycles. The van der Waals surface area contributed by atoms with E-state index in [-0.39, 0.29) is 5.56 Å². The van der Waals surface area contributed by atoms with Crippen molar-refractivity contribution in [3.8, 4) is 0 Å². The molecule has 0 radical (unpaired) electrons. The van der Waals surface area contributed by atoms with Crippen molar-refractivity contribution in [1.82, 2.24) is 4.57 Å². The first-order valence-electron chi connectivity index (χ1n) is 3.51. The molecule has 11 heavy (non-hydrogen) atoms. The first kappa shape index (κ1) is 8.34. The summed E-state index contributed by atoms with van der Waals surface area (Å²) in [7, 11) is 0. The number of hydrogen-bond acceptors (Lipinski definition) is 1. The lowest BCUT2D eigenvalue weighted by Gasteiger charge is -2.02. The Morgan fingerprint density at radius 2 is 2.27 bits per heavy atom. The van der Waals surface area contributed by atoms with Crippen molar-refractivity contribution in [3.05, 3.63) is 33.2 Å². The normalized spacial score (nSPS) is 10.1. The third kappa shape index (κ3) is 1.63. The quantitative estimate of drug-likeness (QED) is 0.632. The monoisotopic (exact) mass is 171 g/mol. The Kier molecular flexibility index (Phi) is 2.35. The van der Waals surface area contributed by atoms with Crippen molar-refractivity contribution in [2.75, 3.05) is 0 Å². The lowest BCUT2D eigenvalue weighted by Crippen LogP contribution is -2.20. The van der Waals surface area contributed by atoms with Crippen molar-refractivity contribution in [1.29, 1.82) is 0 Å². The molecule has 0 aliphatic rings. The average Bonchev–Trinajstić information content (AvgIpc) is 1.96. The molecule has 0 aromatic carbocycles. The Labute approximate surface area is 70.4 Å². The Morgan fingerprint density at radius 1 is 1.64 bits per heavy atom. The van der Waals surface area contributed by atoms with Crippen LogP contribution in [0.1, 0.15) is 12.5 Å². The highest BCUT2D eigenvalue weighted by Crippen LogP contribution is 2.05. The van der Waals surface area contributed by atoms with Gasteiger partial charge in [-0.3, -0.25) is 4.79 Å². The van der Waals surface area contributed by atoms with E-state index in [4.69, 9.17) is 11.6 Å². The molecule has 0 unspecified atom stereocenters. The van der Waals surface area contributed by atoms with Crippen LogP contribution in [0.3, 0.4) is 0 Å². The maximum atomic E-state index is 11.3. The molecule has 1 rings (SSSR count). The van der Waals surface area contributed by atoms with Crippen molar-refractivity contribution in [2.24, 2.45) is 0 Å². The van der Waals surface area contributed by atoms with Crippen LogP contribution in [-0.4, -0.2) is 4.57 Å². The van der Waals surface area contributed by atoms with E-state index in [0.717, 1.165) is 0 Å². The molecule has 0 saturated carbocycles. The summed E-state index contributed by atoms with van der Waals surface area (Å²) in [5.41, 5.74) is 0.733. The highest BCUT2D eigenvalue weighted by atomic mass is 35.5. The second-order valence-corrected chi connectivity index (χ2v) is 2.87. The van der Waals surface area contributed by atoms with E-state index in [1.165, 1.54) is 0 Å². The van der Waals surface area contributed by atoms with E-state index >= 15 is 0 Å². The molecule has 0 atom stereocenters. The van der Waals surface area contributed by atoms with Gasteiger partial charge < -0.3 is 4.57 Å². The molecular weight excluding hydrogens is 162 g/mol. The number of hydrogen-bond donors (Lipinski definition) is 0. The maximum absolute atomic E-state index is 11.3. The van der Waals surface area contributed by atoms with Crippen molar-refractivity contribution in [3.63, 3.8) is 0 Å². The second-order valence-electron chi connectivity index (χ2n) is 2.43. The summed E-state index contributed by atoms with van der Waals surface area (Å²) in [6, 6.07) is 1.68. The van der Waals surface area contributed by atoms with Crippen LogP contribution in [-0.2, 0) is 6.54 Å². The number of aromatic nitrogens is 1. The minimum Gasteiger partial charge on any atom is -0.314 e. The number of halogens is 1. The first-order valence-corrected chi connectivity index (χ1v) is 3.89. The van der Waals surface area contributed by atoms with Crippen LogP contribution in [0, 0.1) is 6.92 Å². The molecule has 0 bridgehead atoms. The lowest BCUT2D eigenvalue weighted by atomic mass is 10.3. The standard InChI is InChI=1S/C8H10ClNO/c1-3-10-5-7(9)4-6(2)8(10)11/h4-5H,3H2,1-2H3. The third-order valence-electron chi connectivity index (χ3n) is 1.57. The van der Waals surface area contributed by atoms with Gasteiger partial charge in [0.15, 0.2) is 0 Å². The summed E-state index contributed by atoms with van der Waals surface area (Å²) in [5.74, 6) is 0. The van der Waals surface area contributed by atoms with Gasteiger partial charge in [-0.05, 0) is 19.9 Å². The number of aryl methyl sites for hydroxylation is 2. The molecule has 0 fully saturated rings. The van der Waals surface area contributed by atoms with Gasteiger partial charge in [-0.25, -0.2) is 0 Å². The summed E-state index contributed by atoms with van der Waals surface area (Å²) >= 11 is 5.74. The van der Waals surface area contributed by atoms with E-state index in [1.54, 1.807) is 23.8 Å². The van der Waals surface area contributed by atoms with Gasteiger partial charge in [0.1, 0.15) is 0 Å². The van der Waals surface area contributed by atoms with Crippen LogP contribution in [0.5, 0.6) is 0 Å². The molecule has 0 saturated heterocycles. The Balaban J connectivity index is 3.37. The maximum Gasteiger partial charge on any atom is 0.253 e. The zero-order chi connectivity index (χ0) is 8.43. The molecule has 2 nitrogen and oxygen atoms in total. The van der Waals surface area contributed by atoms with Crippen LogP contribution in [0.2, 0.25) is 5.02 Å². The summed E-state index contributed by atoms with van der Waals surface area (Å²) in [6.45, 7) is 4.35. The summed E-state index contributed by atoms with van der Waals surface area (Å²) in [5, 5.41) is 0.615. The van der Waals surface area contributed by atoms with Crippen LogP contribution in [0.25, 0.3) is 0 Å². The van der Waals surface area contributed by atoms with Crippen molar-refractivity contribution < 1.29 is 0 Å². The Morgan fingerprint density at radius 3 is 2.82 bits per heavy atom. The highest BCUT2D eigenvalue weighted by Gasteiger charge is 1.98. The SMILES string of the molecule is CCn1cc(Cl)cc(C)c1=O. The fourth-order valence-electron chi connectivity index (χ4n) is 0.975. The van der Waals surface area contributed by atoms with Crippen LogP contribution < -0.4 is 5.56 Å². The lowest BCUT2D eigenvalue weighted by molar-refractivity contribution is 0.721. The molecule has 0 amide bonds. The van der Waals surface area contributed by atoms with Crippen molar-refractivity contribution >= 4 is 11.6 Å². The molecule has 0 spiro atoms. The minimum atomic E-state index is 0.0388. The van der Waals surface area contributed by atoms with Crippen LogP contribution in [0.15, 0.2) is 17.1 Å². The fraction of sp³-hybridized carbons (Fsp3) is 0.375. The van der Waals surface area contributed by atoms with Gasteiger partial charge in [-0.2, -0.15) is 0 Å². The van der Waals surface area contributed by atoms with Gasteiger partial charge >= 0.3 is 0 Å². The second kappa shape index (κ2) is 3.09. The zero-order valence-electron chi connectivity index (χ0n) is 6.60. The van der Waals surface area contributed by atoms with E-state index in [0.29, 0.717) is 17.1 Å². The van der Waals surface area contributed by atoms with Crippen molar-refractivity contribution in [2.45, 2.75) is 20.4 Å². The number of nitrogens with zero attached hydrogens (tertiary/aromatic N) is 1. The van der Waals surface area contributed by atoms with E-state index < -0.39 is 0 Å². The molecular formula is C8H10ClNO. The van der Waals surface area contributed by atoms with Crippen LogP contribution in [0.4, 0.5) is 0 Å². The molecule has 1 aromatic heterocycles. The van der Waals surface area contributed by atoms with Gasteiger partial charge in [0.05, 0.1) is 5.02 Å². The van der Waals surface area contributed by atoms with E-state index in [2.05, 4.69) is 0 Å². The van der Waals surface area contributed by atoms with E-state index in [9.17, 15) is 4.79 Å². The summed E-state index contributed by atoms with van der Waals surface area (Å²) in [6.07, 6.45) is 1.65. The molecule has 0 aliphatic heterocycles. The Hall–Kier alpha value is -0.760. The predicted octanol–water partition coefficient (Wildman–Crippen LogP) is 1.83. The number of pyridine rings is 1. The summed E-state index contributed by atoms with van der Waals surface area (Å²) in [4.78, 5) is 11.3.